The Morgan fingerprint density at radius 3 is 2.95 bits per heavy atom. The molecule has 2 heterocycles. The van der Waals surface area contributed by atoms with Gasteiger partial charge in [-0.1, -0.05) is 0 Å². The van der Waals surface area contributed by atoms with Crippen LogP contribution < -0.4 is 0 Å². The largest absolute Gasteiger partial charge is 0.468 e. The van der Waals surface area contributed by atoms with Crippen LogP contribution in [0.25, 0.3) is 0 Å². The number of ether oxygens (including phenoxy) is 1. The van der Waals surface area contributed by atoms with Crippen LogP contribution in [0.4, 0.5) is 0 Å². The van der Waals surface area contributed by atoms with E-state index in [0.29, 0.717) is 11.7 Å². The molecule has 0 amide bonds. The highest BCUT2D eigenvalue weighted by molar-refractivity contribution is 5.80. The van der Waals surface area contributed by atoms with Crippen molar-refractivity contribution in [3.05, 3.63) is 17.7 Å². The molecule has 0 bridgehead atoms. The van der Waals surface area contributed by atoms with Crippen molar-refractivity contribution >= 4 is 5.97 Å². The number of hydrogen-bond donors (Lipinski definition) is 1. The molecule has 1 aliphatic heterocycles. The highest BCUT2D eigenvalue weighted by atomic mass is 16.5. The number of likely N-dealkylation sites (N-methyl/N-ethyl adjacent to an activating group) is 1. The van der Waals surface area contributed by atoms with E-state index in [1.807, 2.05) is 20.0 Å². The summed E-state index contributed by atoms with van der Waals surface area (Å²) in [5, 5.41) is 0. The number of H-pyrrole nitrogens is 1. The van der Waals surface area contributed by atoms with Gasteiger partial charge in [-0.25, -0.2) is 4.98 Å². The van der Waals surface area contributed by atoms with Crippen molar-refractivity contribution in [2.45, 2.75) is 38.0 Å². The molecular weight excluding hydrogens is 242 g/mol. The number of imidazole rings is 1. The molecule has 2 rings (SSSR count). The minimum atomic E-state index is -0.729. The summed E-state index contributed by atoms with van der Waals surface area (Å²) in [5.41, 5.74) is 0.395. The third kappa shape index (κ3) is 2.81. The number of hydrogen-bond acceptors (Lipinski definition) is 4. The number of likely N-dealkylation sites (tertiary alicyclic amines) is 1. The minimum Gasteiger partial charge on any atom is -0.468 e. The predicted molar refractivity (Wildman–Crippen MR) is 73.1 cm³/mol. The van der Waals surface area contributed by atoms with Crippen LogP contribution in [0.15, 0.2) is 6.20 Å². The quantitative estimate of drug-likeness (QED) is 0.845. The van der Waals surface area contributed by atoms with Gasteiger partial charge in [-0.15, -0.1) is 0 Å². The molecule has 1 N–H and O–H groups in total. The van der Waals surface area contributed by atoms with E-state index in [0.717, 1.165) is 18.8 Å². The summed E-state index contributed by atoms with van der Waals surface area (Å²) >= 11 is 0. The molecule has 0 radical (unpaired) electrons. The summed E-state index contributed by atoms with van der Waals surface area (Å²) in [6.07, 6.45) is 4.24. The molecule has 1 aromatic heterocycles. The maximum atomic E-state index is 11.8. The zero-order valence-corrected chi connectivity index (χ0v) is 12.2. The van der Waals surface area contributed by atoms with Gasteiger partial charge in [0.15, 0.2) is 0 Å². The Morgan fingerprint density at radius 1 is 1.58 bits per heavy atom. The smallest absolute Gasteiger partial charge is 0.318 e. The zero-order chi connectivity index (χ0) is 14.0. The van der Waals surface area contributed by atoms with E-state index in [2.05, 4.69) is 21.9 Å². The summed E-state index contributed by atoms with van der Waals surface area (Å²) in [5.74, 6) is 0.894. The molecule has 0 aromatic carbocycles. The van der Waals surface area contributed by atoms with Crippen molar-refractivity contribution in [2.75, 3.05) is 27.2 Å². The number of nitrogens with zero attached hydrogens (tertiary/aromatic N) is 2. The lowest BCUT2D eigenvalue weighted by molar-refractivity contribution is -0.146. The Bertz CT molecular complexity index is 453. The maximum absolute atomic E-state index is 11.8. The number of nitrogens with one attached hydrogen (secondary N) is 1. The Morgan fingerprint density at radius 2 is 2.32 bits per heavy atom. The first kappa shape index (κ1) is 14.1. The number of esters is 1. The van der Waals surface area contributed by atoms with E-state index >= 15 is 0 Å². The second-order valence-corrected chi connectivity index (χ2v) is 5.91. The molecule has 5 nitrogen and oxygen atoms in total. The molecule has 0 aliphatic carbocycles. The first-order valence-electron chi connectivity index (χ1n) is 6.77. The van der Waals surface area contributed by atoms with Gasteiger partial charge in [0.1, 0.15) is 11.2 Å². The summed E-state index contributed by atoms with van der Waals surface area (Å²) in [7, 11) is 3.55. The molecule has 106 valence electrons. The van der Waals surface area contributed by atoms with Crippen LogP contribution in [0.3, 0.4) is 0 Å². The maximum Gasteiger partial charge on any atom is 0.318 e. The fourth-order valence-corrected chi connectivity index (χ4v) is 2.63. The molecule has 19 heavy (non-hydrogen) atoms. The lowest BCUT2D eigenvalue weighted by Crippen LogP contribution is -2.32. The molecule has 1 saturated heterocycles. The average molecular weight is 265 g/mol. The number of piperidine rings is 1. The van der Waals surface area contributed by atoms with E-state index in [-0.39, 0.29) is 5.97 Å². The van der Waals surface area contributed by atoms with Gasteiger partial charge in [-0.05, 0) is 40.3 Å². The minimum absolute atomic E-state index is 0.269. The molecular formula is C14H23N3O2. The molecule has 1 aromatic rings. The van der Waals surface area contributed by atoms with Gasteiger partial charge < -0.3 is 14.6 Å². The fraction of sp³-hybridized carbons (Fsp3) is 0.714. The number of aromatic nitrogens is 2. The van der Waals surface area contributed by atoms with Crippen LogP contribution in [-0.4, -0.2) is 48.1 Å². The summed E-state index contributed by atoms with van der Waals surface area (Å²) in [4.78, 5) is 21.8. The van der Waals surface area contributed by atoms with Gasteiger partial charge in [0.05, 0.1) is 7.11 Å². The van der Waals surface area contributed by atoms with Crippen LogP contribution in [0.2, 0.25) is 0 Å². The van der Waals surface area contributed by atoms with Gasteiger partial charge in [0, 0.05) is 24.4 Å². The molecule has 1 fully saturated rings. The molecule has 0 spiro atoms. The van der Waals surface area contributed by atoms with Gasteiger partial charge in [0.2, 0.25) is 0 Å². The second-order valence-electron chi connectivity index (χ2n) is 5.91. The van der Waals surface area contributed by atoms with E-state index in [1.165, 1.54) is 20.0 Å². The van der Waals surface area contributed by atoms with Gasteiger partial charge in [0.25, 0.3) is 0 Å². The van der Waals surface area contributed by atoms with Crippen molar-refractivity contribution in [3.63, 3.8) is 0 Å². The monoisotopic (exact) mass is 265 g/mol. The Labute approximate surface area is 114 Å². The first-order chi connectivity index (χ1) is 8.95. The zero-order valence-electron chi connectivity index (χ0n) is 12.2. The van der Waals surface area contributed by atoms with Gasteiger partial charge in [-0.3, -0.25) is 4.79 Å². The third-order valence-corrected chi connectivity index (χ3v) is 3.95. The van der Waals surface area contributed by atoms with Gasteiger partial charge >= 0.3 is 5.97 Å². The van der Waals surface area contributed by atoms with Crippen molar-refractivity contribution in [2.24, 2.45) is 0 Å². The average Bonchev–Trinajstić information content (AvgIpc) is 2.88. The lowest BCUT2D eigenvalue weighted by Gasteiger charge is -2.29. The predicted octanol–water partition coefficient (Wildman–Crippen LogP) is 1.67. The standard InChI is InChI=1S/C14H23N3O2/c1-14(2,13(18)19-4)12-15-8-11(16-12)10-6-5-7-17(3)9-10/h8,10H,5-7,9H2,1-4H3,(H,15,16). The van der Waals surface area contributed by atoms with E-state index in [9.17, 15) is 4.79 Å². The molecule has 5 heteroatoms. The highest BCUT2D eigenvalue weighted by Gasteiger charge is 2.34. The topological polar surface area (TPSA) is 58.2 Å². The van der Waals surface area contributed by atoms with Crippen molar-refractivity contribution in [1.82, 2.24) is 14.9 Å². The van der Waals surface area contributed by atoms with Crippen LogP contribution in [-0.2, 0) is 14.9 Å². The second kappa shape index (κ2) is 5.33. The fourth-order valence-electron chi connectivity index (χ4n) is 2.63. The number of carbonyl (C=O) groups excluding carboxylic acids is 1. The Balaban J connectivity index is 2.16. The van der Waals surface area contributed by atoms with E-state index in [4.69, 9.17) is 4.74 Å². The SMILES string of the molecule is COC(=O)C(C)(C)c1ncc(C2CCCN(C)C2)[nH]1. The van der Waals surface area contributed by atoms with Crippen molar-refractivity contribution < 1.29 is 9.53 Å². The normalized spacial score (nSPS) is 21.4. The van der Waals surface area contributed by atoms with Crippen molar-refractivity contribution in [3.8, 4) is 0 Å². The summed E-state index contributed by atoms with van der Waals surface area (Å²) in [6.45, 7) is 5.86. The van der Waals surface area contributed by atoms with Crippen LogP contribution in [0.5, 0.6) is 0 Å². The molecule has 0 saturated carbocycles. The third-order valence-electron chi connectivity index (χ3n) is 3.95. The number of aromatic amines is 1. The number of methoxy groups -OCH3 is 1. The molecule has 1 atom stereocenters. The summed E-state index contributed by atoms with van der Waals surface area (Å²) < 4.78 is 4.83. The first-order valence-corrected chi connectivity index (χ1v) is 6.77. The Hall–Kier alpha value is -1.36. The number of carbonyl (C=O) groups is 1. The number of rotatable bonds is 3. The van der Waals surface area contributed by atoms with Crippen LogP contribution in [0.1, 0.15) is 44.1 Å². The van der Waals surface area contributed by atoms with Crippen LogP contribution in [0, 0.1) is 0 Å². The molecule has 1 unspecified atom stereocenters. The van der Waals surface area contributed by atoms with E-state index in [1.54, 1.807) is 0 Å². The Kier molecular flexibility index (Phi) is 3.94. The lowest BCUT2D eigenvalue weighted by atomic mass is 9.92. The molecule has 1 aliphatic rings. The summed E-state index contributed by atoms with van der Waals surface area (Å²) in [6, 6.07) is 0. The highest BCUT2D eigenvalue weighted by Crippen LogP contribution is 2.28. The van der Waals surface area contributed by atoms with E-state index < -0.39 is 5.41 Å². The van der Waals surface area contributed by atoms with Crippen molar-refractivity contribution in [1.29, 1.82) is 0 Å². The van der Waals surface area contributed by atoms with Gasteiger partial charge in [-0.2, -0.15) is 0 Å². The van der Waals surface area contributed by atoms with Crippen LogP contribution >= 0.6 is 0 Å².